The first kappa shape index (κ1) is 9.15. The lowest BCUT2D eigenvalue weighted by Crippen LogP contribution is -2.22. The van der Waals surface area contributed by atoms with Gasteiger partial charge in [-0.05, 0) is 41.2 Å². The number of halogens is 1. The predicted molar refractivity (Wildman–Crippen MR) is 53.2 cm³/mol. The second-order valence-corrected chi connectivity index (χ2v) is 4.19. The number of rotatable bonds is 2. The Morgan fingerprint density at radius 1 is 1.54 bits per heavy atom. The minimum absolute atomic E-state index is 0.699. The quantitative estimate of drug-likeness (QED) is 0.843. The number of aryl methyl sites for hydroxylation is 1. The van der Waals surface area contributed by atoms with Crippen molar-refractivity contribution in [2.45, 2.75) is 25.8 Å². The molecule has 72 valence electrons. The maximum absolute atomic E-state index is 5.54. The van der Waals surface area contributed by atoms with Crippen molar-refractivity contribution < 1.29 is 0 Å². The minimum Gasteiger partial charge on any atom is -0.330 e. The number of aromatic nitrogens is 3. The third kappa shape index (κ3) is 1.76. The van der Waals surface area contributed by atoms with E-state index in [-0.39, 0.29) is 0 Å². The van der Waals surface area contributed by atoms with E-state index in [9.17, 15) is 0 Å². The van der Waals surface area contributed by atoms with Crippen LogP contribution in [0.3, 0.4) is 0 Å². The molecule has 2 rings (SSSR count). The standard InChI is InChI=1S/C8H13BrN4/c9-8-12-11-7-2-1-6(3-4-10)5-13(7)8/h6H,1-5,10H2. The van der Waals surface area contributed by atoms with Crippen molar-refractivity contribution in [2.24, 2.45) is 11.7 Å². The first-order chi connectivity index (χ1) is 6.31. The van der Waals surface area contributed by atoms with Crippen LogP contribution in [-0.4, -0.2) is 21.3 Å². The number of hydrogen-bond acceptors (Lipinski definition) is 3. The largest absolute Gasteiger partial charge is 0.330 e. The SMILES string of the molecule is NCCC1CCc2nnc(Br)n2C1. The first-order valence-corrected chi connectivity index (χ1v) is 5.38. The van der Waals surface area contributed by atoms with Gasteiger partial charge in [-0.15, -0.1) is 10.2 Å². The molecule has 1 aliphatic heterocycles. The van der Waals surface area contributed by atoms with Gasteiger partial charge in [-0.25, -0.2) is 0 Å². The van der Waals surface area contributed by atoms with Crippen molar-refractivity contribution in [1.29, 1.82) is 0 Å². The Morgan fingerprint density at radius 2 is 2.38 bits per heavy atom. The molecule has 1 atom stereocenters. The molecule has 1 unspecified atom stereocenters. The van der Waals surface area contributed by atoms with Crippen molar-refractivity contribution in [3.63, 3.8) is 0 Å². The number of nitrogens with two attached hydrogens (primary N) is 1. The van der Waals surface area contributed by atoms with Crippen LogP contribution in [0.25, 0.3) is 0 Å². The van der Waals surface area contributed by atoms with Crippen molar-refractivity contribution in [3.8, 4) is 0 Å². The lowest BCUT2D eigenvalue weighted by molar-refractivity contribution is 0.345. The highest BCUT2D eigenvalue weighted by Gasteiger charge is 2.20. The van der Waals surface area contributed by atoms with Gasteiger partial charge in [0, 0.05) is 13.0 Å². The Morgan fingerprint density at radius 3 is 3.15 bits per heavy atom. The molecule has 0 fully saturated rings. The highest BCUT2D eigenvalue weighted by atomic mass is 79.9. The number of hydrogen-bond donors (Lipinski definition) is 1. The van der Waals surface area contributed by atoms with Gasteiger partial charge in [0.2, 0.25) is 0 Å². The summed E-state index contributed by atoms with van der Waals surface area (Å²) in [5.41, 5.74) is 5.54. The van der Waals surface area contributed by atoms with E-state index in [1.165, 1.54) is 6.42 Å². The maximum Gasteiger partial charge on any atom is 0.200 e. The Labute approximate surface area is 85.6 Å². The van der Waals surface area contributed by atoms with Crippen LogP contribution in [0.4, 0.5) is 0 Å². The topological polar surface area (TPSA) is 56.7 Å². The fourth-order valence-electron chi connectivity index (χ4n) is 1.83. The van der Waals surface area contributed by atoms with Crippen LogP contribution in [0.15, 0.2) is 4.73 Å². The van der Waals surface area contributed by atoms with Crippen molar-refractivity contribution in [1.82, 2.24) is 14.8 Å². The van der Waals surface area contributed by atoms with Crippen LogP contribution < -0.4 is 5.73 Å². The molecule has 1 aromatic rings. The summed E-state index contributed by atoms with van der Waals surface area (Å²) in [5, 5.41) is 8.08. The van der Waals surface area contributed by atoms with E-state index in [0.717, 1.165) is 36.5 Å². The highest BCUT2D eigenvalue weighted by molar-refractivity contribution is 9.10. The van der Waals surface area contributed by atoms with Crippen molar-refractivity contribution in [2.75, 3.05) is 6.54 Å². The third-order valence-electron chi connectivity index (χ3n) is 2.57. The Bertz CT molecular complexity index is 296. The molecule has 2 heterocycles. The van der Waals surface area contributed by atoms with E-state index in [0.29, 0.717) is 5.92 Å². The molecular weight excluding hydrogens is 232 g/mol. The number of fused-ring (bicyclic) bond motifs is 1. The van der Waals surface area contributed by atoms with Gasteiger partial charge in [-0.1, -0.05) is 0 Å². The van der Waals surface area contributed by atoms with E-state index in [2.05, 4.69) is 30.7 Å². The van der Waals surface area contributed by atoms with Gasteiger partial charge in [0.05, 0.1) is 0 Å². The summed E-state index contributed by atoms with van der Waals surface area (Å²) in [6.45, 7) is 1.79. The fourth-order valence-corrected chi connectivity index (χ4v) is 2.26. The van der Waals surface area contributed by atoms with E-state index in [4.69, 9.17) is 5.73 Å². The monoisotopic (exact) mass is 244 g/mol. The molecule has 4 nitrogen and oxygen atoms in total. The normalized spacial score (nSPS) is 21.5. The summed E-state index contributed by atoms with van der Waals surface area (Å²) >= 11 is 3.39. The van der Waals surface area contributed by atoms with Gasteiger partial charge in [0.25, 0.3) is 0 Å². The Kier molecular flexibility index (Phi) is 2.64. The van der Waals surface area contributed by atoms with Crippen LogP contribution in [0, 0.1) is 5.92 Å². The van der Waals surface area contributed by atoms with Crippen LogP contribution in [0.2, 0.25) is 0 Å². The lowest BCUT2D eigenvalue weighted by Gasteiger charge is -2.22. The average Bonchev–Trinajstić information content (AvgIpc) is 2.49. The van der Waals surface area contributed by atoms with Gasteiger partial charge >= 0.3 is 0 Å². The van der Waals surface area contributed by atoms with Crippen LogP contribution in [0.5, 0.6) is 0 Å². The molecule has 1 aromatic heterocycles. The van der Waals surface area contributed by atoms with E-state index in [1.807, 2.05) is 0 Å². The molecule has 0 radical (unpaired) electrons. The third-order valence-corrected chi connectivity index (χ3v) is 3.16. The molecule has 0 aliphatic carbocycles. The summed E-state index contributed by atoms with van der Waals surface area (Å²) in [6, 6.07) is 0. The summed E-state index contributed by atoms with van der Waals surface area (Å²) in [7, 11) is 0. The van der Waals surface area contributed by atoms with Crippen molar-refractivity contribution in [3.05, 3.63) is 10.6 Å². The molecule has 0 saturated carbocycles. The smallest absolute Gasteiger partial charge is 0.200 e. The second kappa shape index (κ2) is 3.75. The Balaban J connectivity index is 2.13. The minimum atomic E-state index is 0.699. The molecule has 2 N–H and O–H groups in total. The molecule has 0 spiro atoms. The van der Waals surface area contributed by atoms with Crippen LogP contribution >= 0.6 is 15.9 Å². The molecule has 1 aliphatic rings. The predicted octanol–water partition coefficient (Wildman–Crippen LogP) is 0.952. The average molecular weight is 245 g/mol. The maximum atomic E-state index is 5.54. The fraction of sp³-hybridized carbons (Fsp3) is 0.750. The molecule has 0 amide bonds. The molecule has 13 heavy (non-hydrogen) atoms. The Hall–Kier alpha value is -0.420. The lowest BCUT2D eigenvalue weighted by atomic mass is 9.96. The van der Waals surface area contributed by atoms with Gasteiger partial charge in [-0.3, -0.25) is 0 Å². The van der Waals surface area contributed by atoms with E-state index in [1.54, 1.807) is 0 Å². The molecule has 0 saturated heterocycles. The van der Waals surface area contributed by atoms with Gasteiger partial charge in [0.15, 0.2) is 4.73 Å². The van der Waals surface area contributed by atoms with E-state index >= 15 is 0 Å². The highest BCUT2D eigenvalue weighted by Crippen LogP contribution is 2.23. The zero-order valence-corrected chi connectivity index (χ0v) is 9.00. The van der Waals surface area contributed by atoms with Gasteiger partial charge < -0.3 is 10.3 Å². The summed E-state index contributed by atoms with van der Waals surface area (Å²) in [4.78, 5) is 0. The molecule has 0 bridgehead atoms. The van der Waals surface area contributed by atoms with E-state index < -0.39 is 0 Å². The zero-order chi connectivity index (χ0) is 9.26. The first-order valence-electron chi connectivity index (χ1n) is 4.59. The molecular formula is C8H13BrN4. The van der Waals surface area contributed by atoms with Gasteiger partial charge in [0.1, 0.15) is 5.82 Å². The summed E-state index contributed by atoms with van der Waals surface area (Å²) < 4.78 is 2.99. The summed E-state index contributed by atoms with van der Waals surface area (Å²) in [6.07, 6.45) is 3.33. The van der Waals surface area contributed by atoms with Crippen molar-refractivity contribution >= 4 is 15.9 Å². The summed E-state index contributed by atoms with van der Waals surface area (Å²) in [5.74, 6) is 1.80. The number of nitrogens with zero attached hydrogens (tertiary/aromatic N) is 3. The van der Waals surface area contributed by atoms with Gasteiger partial charge in [-0.2, -0.15) is 0 Å². The van der Waals surface area contributed by atoms with Crippen LogP contribution in [-0.2, 0) is 13.0 Å². The zero-order valence-electron chi connectivity index (χ0n) is 7.41. The van der Waals surface area contributed by atoms with Crippen LogP contribution in [0.1, 0.15) is 18.7 Å². The second-order valence-electron chi connectivity index (χ2n) is 3.48. The molecule has 5 heteroatoms. The molecule has 0 aromatic carbocycles.